The second-order valence-corrected chi connectivity index (χ2v) is 7.74. The monoisotopic (exact) mass is 367 g/mol. The maximum Gasteiger partial charge on any atom is 0.220 e. The second-order valence-electron chi connectivity index (χ2n) is 7.74. The van der Waals surface area contributed by atoms with Crippen LogP contribution in [0.15, 0.2) is 4.99 Å². The van der Waals surface area contributed by atoms with Gasteiger partial charge in [0.2, 0.25) is 5.91 Å². The number of hydrogen-bond donors (Lipinski definition) is 2. The molecule has 1 unspecified atom stereocenters. The van der Waals surface area contributed by atoms with Crippen molar-refractivity contribution < 1.29 is 4.79 Å². The molecular weight excluding hydrogens is 326 g/mol. The van der Waals surface area contributed by atoms with Crippen LogP contribution in [0.5, 0.6) is 0 Å². The molecule has 6 heteroatoms. The van der Waals surface area contributed by atoms with E-state index in [0.29, 0.717) is 24.3 Å². The van der Waals surface area contributed by atoms with Crippen molar-refractivity contribution in [1.29, 1.82) is 0 Å². The lowest BCUT2D eigenvalue weighted by Gasteiger charge is -2.36. The molecule has 0 bridgehead atoms. The summed E-state index contributed by atoms with van der Waals surface area (Å²) in [7, 11) is 3.58. The standard InChI is InChI=1S/C20H41N5O/c1-7-24(8-2)18(13-16(3)4)15-23-20(22-6)25-11-9-17(10-12-25)14-19(26)21-5/h16-18H,7-15H2,1-6H3,(H,21,26)(H,22,23). The maximum absolute atomic E-state index is 11.6. The van der Waals surface area contributed by atoms with Crippen LogP contribution in [0.4, 0.5) is 0 Å². The van der Waals surface area contributed by atoms with Crippen molar-refractivity contribution in [3.8, 4) is 0 Å². The lowest BCUT2D eigenvalue weighted by atomic mass is 9.93. The van der Waals surface area contributed by atoms with Gasteiger partial charge in [-0.2, -0.15) is 0 Å². The Hall–Kier alpha value is -1.30. The number of likely N-dealkylation sites (tertiary alicyclic amines) is 1. The number of likely N-dealkylation sites (N-methyl/N-ethyl adjacent to an activating group) is 1. The van der Waals surface area contributed by atoms with Crippen molar-refractivity contribution in [3.05, 3.63) is 0 Å². The first-order valence-electron chi connectivity index (χ1n) is 10.3. The molecule has 1 rings (SSSR count). The van der Waals surface area contributed by atoms with Gasteiger partial charge in [0.15, 0.2) is 5.96 Å². The number of guanidine groups is 1. The Balaban J connectivity index is 2.54. The molecule has 0 radical (unpaired) electrons. The average Bonchev–Trinajstić information content (AvgIpc) is 2.63. The highest BCUT2D eigenvalue weighted by Gasteiger charge is 2.24. The predicted octanol–water partition coefficient (Wildman–Crippen LogP) is 2.17. The summed E-state index contributed by atoms with van der Waals surface area (Å²) in [5, 5.41) is 6.35. The molecule has 1 amide bonds. The number of nitrogens with one attached hydrogen (secondary N) is 2. The summed E-state index contributed by atoms with van der Waals surface area (Å²) < 4.78 is 0. The zero-order valence-electron chi connectivity index (χ0n) is 17.8. The minimum Gasteiger partial charge on any atom is -0.359 e. The highest BCUT2D eigenvalue weighted by molar-refractivity contribution is 5.80. The Morgan fingerprint density at radius 1 is 1.23 bits per heavy atom. The summed E-state index contributed by atoms with van der Waals surface area (Å²) in [5.74, 6) is 2.34. The van der Waals surface area contributed by atoms with Crippen molar-refractivity contribution in [2.24, 2.45) is 16.8 Å². The fraction of sp³-hybridized carbons (Fsp3) is 0.900. The highest BCUT2D eigenvalue weighted by atomic mass is 16.1. The molecule has 2 N–H and O–H groups in total. The third-order valence-electron chi connectivity index (χ3n) is 5.45. The Morgan fingerprint density at radius 2 is 1.85 bits per heavy atom. The highest BCUT2D eigenvalue weighted by Crippen LogP contribution is 2.20. The van der Waals surface area contributed by atoms with Gasteiger partial charge in [-0.05, 0) is 44.2 Å². The number of carbonyl (C=O) groups excluding carboxylic acids is 1. The smallest absolute Gasteiger partial charge is 0.220 e. The summed E-state index contributed by atoms with van der Waals surface area (Å²) in [6.07, 6.45) is 3.95. The van der Waals surface area contributed by atoms with Crippen LogP contribution in [-0.4, -0.2) is 74.5 Å². The van der Waals surface area contributed by atoms with Gasteiger partial charge in [0.25, 0.3) is 0 Å². The summed E-state index contributed by atoms with van der Waals surface area (Å²) in [5.41, 5.74) is 0. The van der Waals surface area contributed by atoms with Crippen molar-refractivity contribution in [2.75, 3.05) is 46.8 Å². The predicted molar refractivity (Wildman–Crippen MR) is 111 cm³/mol. The third kappa shape index (κ3) is 7.52. The second kappa shape index (κ2) is 12.2. The molecule has 6 nitrogen and oxygen atoms in total. The minimum atomic E-state index is 0.154. The summed E-state index contributed by atoms with van der Waals surface area (Å²) in [6, 6.07) is 0.535. The maximum atomic E-state index is 11.6. The number of hydrogen-bond acceptors (Lipinski definition) is 3. The van der Waals surface area contributed by atoms with E-state index in [-0.39, 0.29) is 5.91 Å². The van der Waals surface area contributed by atoms with Gasteiger partial charge in [0.05, 0.1) is 0 Å². The van der Waals surface area contributed by atoms with Gasteiger partial charge in [0, 0.05) is 46.2 Å². The molecule has 1 saturated heterocycles. The van der Waals surface area contributed by atoms with Gasteiger partial charge in [-0.1, -0.05) is 27.7 Å². The van der Waals surface area contributed by atoms with Gasteiger partial charge >= 0.3 is 0 Å². The number of nitrogens with zero attached hydrogens (tertiary/aromatic N) is 3. The largest absolute Gasteiger partial charge is 0.359 e. The van der Waals surface area contributed by atoms with Gasteiger partial charge < -0.3 is 15.5 Å². The molecule has 1 heterocycles. The van der Waals surface area contributed by atoms with E-state index in [2.05, 4.69) is 53.1 Å². The number of carbonyl (C=O) groups is 1. The molecule has 1 fully saturated rings. The van der Waals surface area contributed by atoms with Crippen LogP contribution in [0.3, 0.4) is 0 Å². The number of rotatable bonds is 9. The SMILES string of the molecule is CCN(CC)C(CNC(=NC)N1CCC(CC(=O)NC)CC1)CC(C)C. The van der Waals surface area contributed by atoms with E-state index in [9.17, 15) is 4.79 Å². The first-order valence-corrected chi connectivity index (χ1v) is 10.3. The van der Waals surface area contributed by atoms with Crippen LogP contribution in [-0.2, 0) is 4.79 Å². The van der Waals surface area contributed by atoms with Gasteiger partial charge in [-0.15, -0.1) is 0 Å². The van der Waals surface area contributed by atoms with E-state index >= 15 is 0 Å². The molecule has 1 aliphatic rings. The fourth-order valence-corrected chi connectivity index (χ4v) is 3.90. The third-order valence-corrected chi connectivity index (χ3v) is 5.45. The quantitative estimate of drug-likeness (QED) is 0.484. The molecule has 0 spiro atoms. The molecule has 1 atom stereocenters. The van der Waals surface area contributed by atoms with E-state index in [1.54, 1.807) is 7.05 Å². The van der Waals surface area contributed by atoms with E-state index in [1.165, 1.54) is 6.42 Å². The Bertz CT molecular complexity index is 426. The van der Waals surface area contributed by atoms with Gasteiger partial charge in [-0.25, -0.2) is 0 Å². The lowest BCUT2D eigenvalue weighted by Crippen LogP contribution is -2.50. The van der Waals surface area contributed by atoms with E-state index < -0.39 is 0 Å². The van der Waals surface area contributed by atoms with E-state index in [1.807, 2.05) is 7.05 Å². The molecule has 152 valence electrons. The zero-order valence-corrected chi connectivity index (χ0v) is 17.8. The summed E-state index contributed by atoms with van der Waals surface area (Å²) >= 11 is 0. The van der Waals surface area contributed by atoms with Crippen LogP contribution in [0, 0.1) is 11.8 Å². The Kier molecular flexibility index (Phi) is 10.6. The summed E-state index contributed by atoms with van der Waals surface area (Å²) in [6.45, 7) is 14.1. The lowest BCUT2D eigenvalue weighted by molar-refractivity contribution is -0.121. The van der Waals surface area contributed by atoms with Crippen LogP contribution in [0.25, 0.3) is 0 Å². The van der Waals surface area contributed by atoms with Crippen LogP contribution >= 0.6 is 0 Å². The van der Waals surface area contributed by atoms with Crippen molar-refractivity contribution in [3.63, 3.8) is 0 Å². The van der Waals surface area contributed by atoms with Gasteiger partial charge in [-0.3, -0.25) is 14.7 Å². The molecule has 0 saturated carbocycles. The van der Waals surface area contributed by atoms with Gasteiger partial charge in [0.1, 0.15) is 0 Å². The van der Waals surface area contributed by atoms with Crippen LogP contribution in [0.2, 0.25) is 0 Å². The number of piperidine rings is 1. The normalized spacial score (nSPS) is 17.7. The van der Waals surface area contributed by atoms with Crippen LogP contribution in [0.1, 0.15) is 53.4 Å². The van der Waals surface area contributed by atoms with Crippen LogP contribution < -0.4 is 10.6 Å². The van der Waals surface area contributed by atoms with Crippen molar-refractivity contribution >= 4 is 11.9 Å². The first kappa shape index (κ1) is 22.7. The Labute approximate surface area is 160 Å². The molecule has 26 heavy (non-hydrogen) atoms. The van der Waals surface area contributed by atoms with Crippen molar-refractivity contribution in [2.45, 2.75) is 59.4 Å². The minimum absolute atomic E-state index is 0.154. The molecule has 1 aliphatic heterocycles. The number of aliphatic imine (C=N–C) groups is 1. The first-order chi connectivity index (χ1) is 12.4. The molecular formula is C20H41N5O. The zero-order chi connectivity index (χ0) is 19.5. The molecule has 0 aromatic heterocycles. The topological polar surface area (TPSA) is 60.0 Å². The molecule has 0 aromatic carbocycles. The molecule has 0 aliphatic carbocycles. The van der Waals surface area contributed by atoms with E-state index in [4.69, 9.17) is 0 Å². The average molecular weight is 368 g/mol. The fourth-order valence-electron chi connectivity index (χ4n) is 3.90. The number of amides is 1. The molecule has 0 aromatic rings. The summed E-state index contributed by atoms with van der Waals surface area (Å²) in [4.78, 5) is 21.0. The Morgan fingerprint density at radius 3 is 2.31 bits per heavy atom. The van der Waals surface area contributed by atoms with E-state index in [0.717, 1.165) is 51.5 Å². The van der Waals surface area contributed by atoms with Crippen molar-refractivity contribution in [1.82, 2.24) is 20.4 Å².